The van der Waals surface area contributed by atoms with Gasteiger partial charge in [-0.25, -0.2) is 0 Å². The highest BCUT2D eigenvalue weighted by Gasteiger charge is 2.28. The Labute approximate surface area is 130 Å². The van der Waals surface area contributed by atoms with Crippen molar-refractivity contribution >= 4 is 0 Å². The molecule has 118 valence electrons. The molecular weight excluding hydrogens is 258 g/mol. The summed E-state index contributed by atoms with van der Waals surface area (Å²) in [5.41, 5.74) is 1.69. The third-order valence-electron chi connectivity index (χ3n) is 4.70. The predicted octanol–water partition coefficient (Wildman–Crippen LogP) is 4.16. The number of hydrogen-bond acceptors (Lipinski definition) is 2. The number of nitrogens with one attached hydrogen (secondary N) is 1. The highest BCUT2D eigenvalue weighted by atomic mass is 16.3. The fourth-order valence-corrected chi connectivity index (χ4v) is 3.52. The quantitative estimate of drug-likeness (QED) is 0.824. The maximum atomic E-state index is 9.48. The summed E-state index contributed by atoms with van der Waals surface area (Å²) in [5.74, 6) is 1.14. The zero-order valence-electron chi connectivity index (χ0n) is 13.8. The van der Waals surface area contributed by atoms with E-state index in [-0.39, 0.29) is 0 Å². The third kappa shape index (κ3) is 5.12. The molecule has 1 aromatic rings. The minimum Gasteiger partial charge on any atom is -0.396 e. The molecule has 1 aliphatic rings. The van der Waals surface area contributed by atoms with E-state index in [1.54, 1.807) is 0 Å². The van der Waals surface area contributed by atoms with Crippen molar-refractivity contribution in [3.63, 3.8) is 0 Å². The van der Waals surface area contributed by atoms with Crippen LogP contribution in [0.2, 0.25) is 0 Å². The van der Waals surface area contributed by atoms with Gasteiger partial charge < -0.3 is 10.4 Å². The molecule has 2 N–H and O–H groups in total. The Bertz CT molecular complexity index is 409. The number of hydrogen-bond donors (Lipinski definition) is 2. The predicted molar refractivity (Wildman–Crippen MR) is 89.2 cm³/mol. The summed E-state index contributed by atoms with van der Waals surface area (Å²) in [5, 5.41) is 13.3. The van der Waals surface area contributed by atoms with Crippen LogP contribution in [0.5, 0.6) is 0 Å². The molecule has 2 heteroatoms. The summed E-state index contributed by atoms with van der Waals surface area (Å²) in [7, 11) is 0. The lowest BCUT2D eigenvalue weighted by atomic mass is 9.85. The Morgan fingerprint density at radius 1 is 1.14 bits per heavy atom. The molecule has 1 aromatic carbocycles. The van der Waals surface area contributed by atoms with E-state index >= 15 is 0 Å². The fraction of sp³-hybridized carbons (Fsp3) is 0.684. The summed E-state index contributed by atoms with van der Waals surface area (Å²) >= 11 is 0. The van der Waals surface area contributed by atoms with Gasteiger partial charge in [-0.1, -0.05) is 57.5 Å². The van der Waals surface area contributed by atoms with Gasteiger partial charge in [-0.05, 0) is 48.6 Å². The van der Waals surface area contributed by atoms with Gasteiger partial charge in [0.05, 0.1) is 0 Å². The van der Waals surface area contributed by atoms with Crippen molar-refractivity contribution in [3.05, 3.63) is 35.9 Å². The van der Waals surface area contributed by atoms with Gasteiger partial charge in [0.25, 0.3) is 0 Å². The molecule has 0 bridgehead atoms. The molecule has 1 fully saturated rings. The summed E-state index contributed by atoms with van der Waals surface area (Å²) in [6.07, 6.45) is 4.85. The first kappa shape index (κ1) is 16.5. The molecule has 1 saturated carbocycles. The summed E-state index contributed by atoms with van der Waals surface area (Å²) < 4.78 is 0. The molecule has 0 aromatic heterocycles. The molecule has 2 nitrogen and oxygen atoms in total. The van der Waals surface area contributed by atoms with Gasteiger partial charge in [-0.15, -0.1) is 0 Å². The molecule has 0 heterocycles. The number of aliphatic hydroxyl groups is 1. The lowest BCUT2D eigenvalue weighted by Gasteiger charge is -2.29. The molecule has 0 spiro atoms. The smallest absolute Gasteiger partial charge is 0.0462 e. The fourth-order valence-electron chi connectivity index (χ4n) is 3.52. The van der Waals surface area contributed by atoms with Gasteiger partial charge in [-0.3, -0.25) is 0 Å². The third-order valence-corrected chi connectivity index (χ3v) is 4.70. The highest BCUT2D eigenvalue weighted by Crippen LogP contribution is 2.33. The van der Waals surface area contributed by atoms with Gasteiger partial charge in [0.15, 0.2) is 0 Å². The Morgan fingerprint density at radius 3 is 2.43 bits per heavy atom. The van der Waals surface area contributed by atoms with Crippen LogP contribution < -0.4 is 5.32 Å². The molecule has 0 amide bonds. The largest absolute Gasteiger partial charge is 0.396 e. The molecule has 3 atom stereocenters. The van der Waals surface area contributed by atoms with Gasteiger partial charge in [0, 0.05) is 12.6 Å². The van der Waals surface area contributed by atoms with E-state index in [0.717, 1.165) is 13.0 Å². The molecule has 1 aliphatic carbocycles. The zero-order valence-corrected chi connectivity index (χ0v) is 13.8. The van der Waals surface area contributed by atoms with Crippen molar-refractivity contribution in [2.24, 2.45) is 17.3 Å². The molecule has 21 heavy (non-hydrogen) atoms. The van der Waals surface area contributed by atoms with Crippen molar-refractivity contribution in [2.75, 3.05) is 13.2 Å². The van der Waals surface area contributed by atoms with Crippen molar-refractivity contribution in [2.45, 2.75) is 52.5 Å². The Hall–Kier alpha value is -0.860. The van der Waals surface area contributed by atoms with E-state index in [4.69, 9.17) is 0 Å². The van der Waals surface area contributed by atoms with Gasteiger partial charge >= 0.3 is 0 Å². The van der Waals surface area contributed by atoms with Gasteiger partial charge in [0.2, 0.25) is 0 Å². The monoisotopic (exact) mass is 289 g/mol. The second-order valence-corrected chi connectivity index (χ2v) is 7.77. The van der Waals surface area contributed by atoms with E-state index in [1.807, 2.05) is 0 Å². The van der Waals surface area contributed by atoms with Crippen molar-refractivity contribution in [3.8, 4) is 0 Å². The SMILES string of the molecule is CC(C)(C)CC(NCC1CCCC1CO)c1ccccc1. The Kier molecular flexibility index (Phi) is 5.83. The molecule has 0 aliphatic heterocycles. The molecule has 3 unspecified atom stereocenters. The van der Waals surface area contributed by atoms with Crippen LogP contribution in [0.1, 0.15) is 58.1 Å². The average Bonchev–Trinajstić information content (AvgIpc) is 2.90. The first-order chi connectivity index (χ1) is 9.99. The first-order valence-corrected chi connectivity index (χ1v) is 8.39. The van der Waals surface area contributed by atoms with Crippen LogP contribution in [0.4, 0.5) is 0 Å². The van der Waals surface area contributed by atoms with E-state index < -0.39 is 0 Å². The maximum absolute atomic E-state index is 9.48. The Morgan fingerprint density at radius 2 is 1.81 bits per heavy atom. The van der Waals surface area contributed by atoms with Crippen LogP contribution >= 0.6 is 0 Å². The number of aliphatic hydroxyl groups excluding tert-OH is 1. The van der Waals surface area contributed by atoms with E-state index in [9.17, 15) is 5.11 Å². The molecule has 0 saturated heterocycles. The van der Waals surface area contributed by atoms with E-state index in [2.05, 4.69) is 56.4 Å². The highest BCUT2D eigenvalue weighted by molar-refractivity contribution is 5.19. The topological polar surface area (TPSA) is 32.3 Å². The first-order valence-electron chi connectivity index (χ1n) is 8.39. The maximum Gasteiger partial charge on any atom is 0.0462 e. The van der Waals surface area contributed by atoms with E-state index in [0.29, 0.717) is 29.9 Å². The summed E-state index contributed by atoms with van der Waals surface area (Å²) in [6, 6.07) is 11.2. The van der Waals surface area contributed by atoms with Crippen LogP contribution in [-0.4, -0.2) is 18.3 Å². The van der Waals surface area contributed by atoms with Crippen molar-refractivity contribution < 1.29 is 5.11 Å². The van der Waals surface area contributed by atoms with Crippen LogP contribution in [0, 0.1) is 17.3 Å². The van der Waals surface area contributed by atoms with Crippen LogP contribution in [0.15, 0.2) is 30.3 Å². The van der Waals surface area contributed by atoms with Crippen LogP contribution in [0.25, 0.3) is 0 Å². The number of benzene rings is 1. The van der Waals surface area contributed by atoms with Gasteiger partial charge in [0.1, 0.15) is 0 Å². The molecule has 0 radical (unpaired) electrons. The van der Waals surface area contributed by atoms with Crippen molar-refractivity contribution in [1.29, 1.82) is 0 Å². The Balaban J connectivity index is 1.99. The summed E-state index contributed by atoms with van der Waals surface area (Å²) in [6.45, 7) is 8.28. The summed E-state index contributed by atoms with van der Waals surface area (Å²) in [4.78, 5) is 0. The molecular formula is C19H31NO. The number of rotatable bonds is 6. The second-order valence-electron chi connectivity index (χ2n) is 7.77. The lowest BCUT2D eigenvalue weighted by molar-refractivity contribution is 0.187. The standard InChI is InChI=1S/C19H31NO/c1-19(2,3)12-18(15-8-5-4-6-9-15)20-13-16-10-7-11-17(16)14-21/h4-6,8-9,16-18,20-21H,7,10-14H2,1-3H3. The van der Waals surface area contributed by atoms with E-state index in [1.165, 1.54) is 24.8 Å². The zero-order chi connectivity index (χ0) is 15.3. The minimum atomic E-state index is 0.305. The van der Waals surface area contributed by atoms with Crippen LogP contribution in [0.3, 0.4) is 0 Å². The second kappa shape index (κ2) is 7.42. The van der Waals surface area contributed by atoms with Crippen LogP contribution in [-0.2, 0) is 0 Å². The normalized spacial score (nSPS) is 24.2. The molecule has 2 rings (SSSR count). The van der Waals surface area contributed by atoms with Crippen molar-refractivity contribution in [1.82, 2.24) is 5.32 Å². The average molecular weight is 289 g/mol. The van der Waals surface area contributed by atoms with Gasteiger partial charge in [-0.2, -0.15) is 0 Å². The lowest BCUT2D eigenvalue weighted by Crippen LogP contribution is -2.32. The minimum absolute atomic E-state index is 0.305.